The lowest BCUT2D eigenvalue weighted by Gasteiger charge is -2.20. The third-order valence-corrected chi connectivity index (χ3v) is 3.19. The van der Waals surface area contributed by atoms with E-state index >= 15 is 0 Å². The smallest absolute Gasteiger partial charge is 0.305 e. The second-order valence-electron chi connectivity index (χ2n) is 4.62. The van der Waals surface area contributed by atoms with Gasteiger partial charge in [0.2, 0.25) is 0 Å². The monoisotopic (exact) mass is 212 g/mol. The van der Waals surface area contributed by atoms with Crippen molar-refractivity contribution in [1.82, 2.24) is 0 Å². The van der Waals surface area contributed by atoms with Gasteiger partial charge in [-0.15, -0.1) is 0 Å². The van der Waals surface area contributed by atoms with Crippen molar-refractivity contribution in [2.24, 2.45) is 5.92 Å². The van der Waals surface area contributed by atoms with Gasteiger partial charge in [0.15, 0.2) is 0 Å². The quantitative estimate of drug-likeness (QED) is 0.628. The number of carbonyl (C=O) groups excluding carboxylic acids is 1. The van der Waals surface area contributed by atoms with Gasteiger partial charge < -0.3 is 4.74 Å². The molecule has 0 amide bonds. The van der Waals surface area contributed by atoms with Crippen molar-refractivity contribution in [2.45, 2.75) is 64.7 Å². The van der Waals surface area contributed by atoms with E-state index in [-0.39, 0.29) is 5.97 Å². The molecule has 1 rings (SSSR count). The van der Waals surface area contributed by atoms with Crippen molar-refractivity contribution in [2.75, 3.05) is 6.61 Å². The van der Waals surface area contributed by atoms with Crippen LogP contribution in [0.4, 0.5) is 0 Å². The third kappa shape index (κ3) is 5.81. The average molecular weight is 212 g/mol. The second kappa shape index (κ2) is 7.72. The summed E-state index contributed by atoms with van der Waals surface area (Å²) in [7, 11) is 0. The molecule has 0 aromatic rings. The fourth-order valence-corrected chi connectivity index (χ4v) is 2.30. The molecule has 0 N–H and O–H groups in total. The summed E-state index contributed by atoms with van der Waals surface area (Å²) in [6.45, 7) is 2.61. The van der Waals surface area contributed by atoms with Crippen LogP contribution in [0.15, 0.2) is 0 Å². The summed E-state index contributed by atoms with van der Waals surface area (Å²) in [5.41, 5.74) is 0. The maximum absolute atomic E-state index is 11.2. The summed E-state index contributed by atoms with van der Waals surface area (Å²) >= 11 is 0. The molecule has 1 fully saturated rings. The molecular formula is C13H24O2. The van der Waals surface area contributed by atoms with Gasteiger partial charge >= 0.3 is 5.97 Å². The van der Waals surface area contributed by atoms with Gasteiger partial charge in [-0.3, -0.25) is 4.79 Å². The van der Waals surface area contributed by atoms with Crippen LogP contribution in [0.5, 0.6) is 0 Å². The molecule has 2 heteroatoms. The largest absolute Gasteiger partial charge is 0.466 e. The molecule has 0 saturated heterocycles. The van der Waals surface area contributed by atoms with Gasteiger partial charge in [0, 0.05) is 6.42 Å². The summed E-state index contributed by atoms with van der Waals surface area (Å²) in [6.07, 6.45) is 10.7. The molecule has 0 heterocycles. The molecule has 0 aromatic carbocycles. The lowest BCUT2D eigenvalue weighted by atomic mass is 9.86. The van der Waals surface area contributed by atoms with Gasteiger partial charge in [-0.25, -0.2) is 0 Å². The van der Waals surface area contributed by atoms with Crippen molar-refractivity contribution in [3.63, 3.8) is 0 Å². The molecule has 0 aliphatic heterocycles. The van der Waals surface area contributed by atoms with Gasteiger partial charge in [-0.2, -0.15) is 0 Å². The molecule has 0 aromatic heterocycles. The van der Waals surface area contributed by atoms with Gasteiger partial charge in [0.1, 0.15) is 0 Å². The molecule has 1 aliphatic rings. The van der Waals surface area contributed by atoms with Crippen LogP contribution < -0.4 is 0 Å². The predicted octanol–water partition coefficient (Wildman–Crippen LogP) is 3.69. The third-order valence-electron chi connectivity index (χ3n) is 3.19. The van der Waals surface area contributed by atoms with Crippen molar-refractivity contribution in [3.05, 3.63) is 0 Å². The van der Waals surface area contributed by atoms with Crippen molar-refractivity contribution >= 4 is 5.97 Å². The fraction of sp³-hybridized carbons (Fsp3) is 0.923. The van der Waals surface area contributed by atoms with Crippen LogP contribution in [-0.2, 0) is 9.53 Å². The number of carbonyl (C=O) groups is 1. The van der Waals surface area contributed by atoms with E-state index in [1.54, 1.807) is 0 Å². The van der Waals surface area contributed by atoms with Crippen molar-refractivity contribution < 1.29 is 9.53 Å². The standard InChI is InChI=1S/C13H24O2/c1-2-11-15-13(14)10-6-9-12-7-4-3-5-8-12/h12H,2-11H2,1H3. The Morgan fingerprint density at radius 2 is 2.00 bits per heavy atom. The first-order valence-electron chi connectivity index (χ1n) is 6.48. The van der Waals surface area contributed by atoms with Crippen LogP contribution in [0.1, 0.15) is 64.7 Å². The Kier molecular flexibility index (Phi) is 6.45. The molecule has 88 valence electrons. The minimum Gasteiger partial charge on any atom is -0.466 e. The second-order valence-corrected chi connectivity index (χ2v) is 4.62. The van der Waals surface area contributed by atoms with E-state index in [0.29, 0.717) is 13.0 Å². The first-order chi connectivity index (χ1) is 7.33. The Balaban J connectivity index is 1.97. The Morgan fingerprint density at radius 3 is 2.67 bits per heavy atom. The van der Waals surface area contributed by atoms with Crippen LogP contribution in [-0.4, -0.2) is 12.6 Å². The van der Waals surface area contributed by atoms with Gasteiger partial charge in [0.05, 0.1) is 6.61 Å². The lowest BCUT2D eigenvalue weighted by Crippen LogP contribution is -2.09. The van der Waals surface area contributed by atoms with E-state index in [1.165, 1.54) is 38.5 Å². The van der Waals surface area contributed by atoms with Crippen LogP contribution in [0, 0.1) is 5.92 Å². The highest BCUT2D eigenvalue weighted by Gasteiger charge is 2.13. The maximum Gasteiger partial charge on any atom is 0.305 e. The van der Waals surface area contributed by atoms with Crippen LogP contribution in [0.3, 0.4) is 0 Å². The fourth-order valence-electron chi connectivity index (χ4n) is 2.30. The van der Waals surface area contributed by atoms with Crippen LogP contribution in [0.2, 0.25) is 0 Å². The maximum atomic E-state index is 11.2. The van der Waals surface area contributed by atoms with Crippen LogP contribution in [0.25, 0.3) is 0 Å². The minimum absolute atomic E-state index is 0.00680. The molecule has 1 aliphatic carbocycles. The molecule has 15 heavy (non-hydrogen) atoms. The zero-order chi connectivity index (χ0) is 10.9. The Morgan fingerprint density at radius 1 is 1.27 bits per heavy atom. The highest BCUT2D eigenvalue weighted by atomic mass is 16.5. The molecule has 0 atom stereocenters. The summed E-state index contributed by atoms with van der Waals surface area (Å²) < 4.78 is 5.04. The summed E-state index contributed by atoms with van der Waals surface area (Å²) in [5, 5.41) is 0. The summed E-state index contributed by atoms with van der Waals surface area (Å²) in [6, 6.07) is 0. The lowest BCUT2D eigenvalue weighted by molar-refractivity contribution is -0.143. The summed E-state index contributed by atoms with van der Waals surface area (Å²) in [4.78, 5) is 11.2. The molecular weight excluding hydrogens is 188 g/mol. The van der Waals surface area contributed by atoms with E-state index in [0.717, 1.165) is 18.8 Å². The number of esters is 1. The highest BCUT2D eigenvalue weighted by Crippen LogP contribution is 2.27. The number of hydrogen-bond donors (Lipinski definition) is 0. The average Bonchev–Trinajstić information content (AvgIpc) is 2.28. The zero-order valence-electron chi connectivity index (χ0n) is 9.96. The van der Waals surface area contributed by atoms with Crippen LogP contribution >= 0.6 is 0 Å². The highest BCUT2D eigenvalue weighted by molar-refractivity contribution is 5.69. The number of hydrogen-bond acceptors (Lipinski definition) is 2. The Labute approximate surface area is 93.4 Å². The first kappa shape index (κ1) is 12.5. The van der Waals surface area contributed by atoms with E-state index in [2.05, 4.69) is 0 Å². The van der Waals surface area contributed by atoms with E-state index in [4.69, 9.17) is 4.74 Å². The first-order valence-corrected chi connectivity index (χ1v) is 6.48. The van der Waals surface area contributed by atoms with Crippen molar-refractivity contribution in [3.8, 4) is 0 Å². The topological polar surface area (TPSA) is 26.3 Å². The normalized spacial score (nSPS) is 17.7. The number of ether oxygens (including phenoxy) is 1. The van der Waals surface area contributed by atoms with E-state index in [1.807, 2.05) is 6.92 Å². The SMILES string of the molecule is CCCOC(=O)CCCC1CCCCC1. The molecule has 0 bridgehead atoms. The Bertz CT molecular complexity index is 171. The van der Waals surface area contributed by atoms with E-state index < -0.39 is 0 Å². The van der Waals surface area contributed by atoms with Gasteiger partial charge in [-0.05, 0) is 25.2 Å². The van der Waals surface area contributed by atoms with E-state index in [9.17, 15) is 4.79 Å². The molecule has 1 saturated carbocycles. The molecule has 0 unspecified atom stereocenters. The zero-order valence-corrected chi connectivity index (χ0v) is 9.96. The minimum atomic E-state index is -0.00680. The van der Waals surface area contributed by atoms with Gasteiger partial charge in [-0.1, -0.05) is 39.0 Å². The Hall–Kier alpha value is -0.530. The molecule has 0 radical (unpaired) electrons. The van der Waals surface area contributed by atoms with Gasteiger partial charge in [0.25, 0.3) is 0 Å². The van der Waals surface area contributed by atoms with Crippen molar-refractivity contribution in [1.29, 1.82) is 0 Å². The molecule has 0 spiro atoms. The predicted molar refractivity (Wildman–Crippen MR) is 61.7 cm³/mol. The molecule has 2 nitrogen and oxygen atoms in total. The number of rotatable bonds is 6. The summed E-state index contributed by atoms with van der Waals surface area (Å²) in [5.74, 6) is 0.880.